The number of rotatable bonds is 7. The average molecular weight is 278 g/mol. The molecule has 21 heavy (non-hydrogen) atoms. The minimum atomic E-state index is 0.299. The molecular formula is C19H22N2. The van der Waals surface area contributed by atoms with E-state index in [9.17, 15) is 0 Å². The number of benzene rings is 2. The molecule has 0 aliphatic rings. The second-order valence-corrected chi connectivity index (χ2v) is 5.37. The highest BCUT2D eigenvalue weighted by atomic mass is 14.9. The van der Waals surface area contributed by atoms with Crippen molar-refractivity contribution in [1.29, 1.82) is 5.26 Å². The fourth-order valence-corrected chi connectivity index (χ4v) is 2.40. The zero-order valence-corrected chi connectivity index (χ0v) is 12.5. The monoisotopic (exact) mass is 278 g/mol. The summed E-state index contributed by atoms with van der Waals surface area (Å²) in [6.07, 6.45) is 2.48. The number of nitrogens with one attached hydrogen (secondary N) is 1. The number of hydrogen-bond donors (Lipinski definition) is 1. The van der Waals surface area contributed by atoms with Crippen LogP contribution in [0.15, 0.2) is 54.6 Å². The number of nitrogens with zero attached hydrogens (tertiary/aromatic N) is 1. The lowest BCUT2D eigenvalue weighted by Crippen LogP contribution is -2.24. The Morgan fingerprint density at radius 2 is 1.76 bits per heavy atom. The summed E-state index contributed by atoms with van der Waals surface area (Å²) in [6.45, 7) is 2.98. The molecule has 0 aromatic heterocycles. The maximum atomic E-state index is 8.63. The largest absolute Gasteiger partial charge is 0.310 e. The van der Waals surface area contributed by atoms with E-state index < -0.39 is 0 Å². The second-order valence-electron chi connectivity index (χ2n) is 5.37. The topological polar surface area (TPSA) is 35.8 Å². The number of unbranched alkanes of at least 4 members (excludes halogenated alkanes) is 1. The summed E-state index contributed by atoms with van der Waals surface area (Å²) >= 11 is 0. The van der Waals surface area contributed by atoms with Crippen LogP contribution in [0.3, 0.4) is 0 Å². The van der Waals surface area contributed by atoms with Crippen LogP contribution in [0.2, 0.25) is 0 Å². The van der Waals surface area contributed by atoms with Crippen LogP contribution >= 0.6 is 0 Å². The molecule has 2 heteroatoms. The van der Waals surface area contributed by atoms with E-state index in [4.69, 9.17) is 5.26 Å². The van der Waals surface area contributed by atoms with Gasteiger partial charge in [0.25, 0.3) is 0 Å². The molecular weight excluding hydrogens is 256 g/mol. The van der Waals surface area contributed by atoms with E-state index in [-0.39, 0.29) is 0 Å². The third-order valence-electron chi connectivity index (χ3n) is 3.62. The van der Waals surface area contributed by atoms with E-state index in [0.29, 0.717) is 12.5 Å². The standard InChI is InChI=1S/C19H22N2/c1-16-9-11-17(12-10-16)15-19(21-14-6-5-13-20)18-7-3-2-4-8-18/h2-4,7-12,19,21H,5-6,14-15H2,1H3. The van der Waals surface area contributed by atoms with Gasteiger partial charge in [-0.15, -0.1) is 0 Å². The lowest BCUT2D eigenvalue weighted by atomic mass is 9.98. The third-order valence-corrected chi connectivity index (χ3v) is 3.62. The summed E-state index contributed by atoms with van der Waals surface area (Å²) in [4.78, 5) is 0. The van der Waals surface area contributed by atoms with Crippen LogP contribution in [-0.2, 0) is 6.42 Å². The van der Waals surface area contributed by atoms with Crippen LogP contribution in [0.5, 0.6) is 0 Å². The number of nitriles is 1. The summed E-state index contributed by atoms with van der Waals surface area (Å²) in [5.74, 6) is 0. The minimum absolute atomic E-state index is 0.299. The maximum Gasteiger partial charge on any atom is 0.0622 e. The Balaban J connectivity index is 2.04. The van der Waals surface area contributed by atoms with Gasteiger partial charge in [-0.3, -0.25) is 0 Å². The molecule has 2 nitrogen and oxygen atoms in total. The highest BCUT2D eigenvalue weighted by Gasteiger charge is 2.11. The Bertz CT molecular complexity index is 567. The fraction of sp³-hybridized carbons (Fsp3) is 0.316. The predicted octanol–water partition coefficient (Wildman–Crippen LogP) is 4.17. The molecule has 0 spiro atoms. The number of aryl methyl sites for hydroxylation is 1. The van der Waals surface area contributed by atoms with Crippen LogP contribution in [0.1, 0.15) is 35.6 Å². The summed E-state index contributed by atoms with van der Waals surface area (Å²) in [5, 5.41) is 12.2. The molecule has 1 unspecified atom stereocenters. The van der Waals surface area contributed by atoms with E-state index in [1.807, 2.05) is 6.07 Å². The van der Waals surface area contributed by atoms with E-state index in [1.54, 1.807) is 0 Å². The summed E-state index contributed by atoms with van der Waals surface area (Å²) < 4.78 is 0. The van der Waals surface area contributed by atoms with Crippen LogP contribution in [0, 0.1) is 18.3 Å². The van der Waals surface area contributed by atoms with Gasteiger partial charge >= 0.3 is 0 Å². The van der Waals surface area contributed by atoms with Gasteiger partial charge in [-0.1, -0.05) is 60.2 Å². The average Bonchev–Trinajstić information content (AvgIpc) is 2.53. The smallest absolute Gasteiger partial charge is 0.0622 e. The maximum absolute atomic E-state index is 8.63. The van der Waals surface area contributed by atoms with Crippen molar-refractivity contribution in [3.8, 4) is 6.07 Å². The highest BCUT2D eigenvalue weighted by molar-refractivity contribution is 5.26. The van der Waals surface area contributed by atoms with Gasteiger partial charge in [-0.2, -0.15) is 5.26 Å². The van der Waals surface area contributed by atoms with Gasteiger partial charge in [0.15, 0.2) is 0 Å². The van der Waals surface area contributed by atoms with Crippen LogP contribution in [-0.4, -0.2) is 6.54 Å². The molecule has 0 amide bonds. The van der Waals surface area contributed by atoms with Crippen LogP contribution in [0.25, 0.3) is 0 Å². The summed E-state index contributed by atoms with van der Waals surface area (Å²) in [6, 6.07) is 21.7. The first-order valence-corrected chi connectivity index (χ1v) is 7.50. The molecule has 0 heterocycles. The van der Waals surface area contributed by atoms with Crippen molar-refractivity contribution in [3.63, 3.8) is 0 Å². The molecule has 0 saturated carbocycles. The van der Waals surface area contributed by atoms with Crippen molar-refractivity contribution in [2.45, 2.75) is 32.2 Å². The van der Waals surface area contributed by atoms with Gasteiger partial charge in [0, 0.05) is 12.5 Å². The SMILES string of the molecule is Cc1ccc(CC(NCCCC#N)c2ccccc2)cc1. The zero-order chi connectivity index (χ0) is 14.9. The molecule has 0 radical (unpaired) electrons. The molecule has 0 fully saturated rings. The molecule has 2 rings (SSSR count). The summed E-state index contributed by atoms with van der Waals surface area (Å²) in [5.41, 5.74) is 3.93. The van der Waals surface area contributed by atoms with Gasteiger partial charge in [0.05, 0.1) is 6.07 Å². The normalized spacial score (nSPS) is 11.8. The van der Waals surface area contributed by atoms with Crippen molar-refractivity contribution in [2.75, 3.05) is 6.54 Å². The Kier molecular flexibility index (Phi) is 5.99. The molecule has 0 saturated heterocycles. The predicted molar refractivity (Wildman–Crippen MR) is 86.9 cm³/mol. The molecule has 1 N–H and O–H groups in total. The van der Waals surface area contributed by atoms with Crippen molar-refractivity contribution < 1.29 is 0 Å². The first-order chi connectivity index (χ1) is 10.3. The fourth-order valence-electron chi connectivity index (χ4n) is 2.40. The second kappa shape index (κ2) is 8.24. The highest BCUT2D eigenvalue weighted by Crippen LogP contribution is 2.18. The van der Waals surface area contributed by atoms with Crippen LogP contribution in [0.4, 0.5) is 0 Å². The Morgan fingerprint density at radius 1 is 1.05 bits per heavy atom. The number of hydrogen-bond acceptors (Lipinski definition) is 2. The van der Waals surface area contributed by atoms with Gasteiger partial charge in [0.1, 0.15) is 0 Å². The van der Waals surface area contributed by atoms with Crippen LogP contribution < -0.4 is 5.32 Å². The Morgan fingerprint density at radius 3 is 2.43 bits per heavy atom. The van der Waals surface area contributed by atoms with Crippen molar-refractivity contribution in [3.05, 3.63) is 71.3 Å². The van der Waals surface area contributed by atoms with E-state index >= 15 is 0 Å². The zero-order valence-electron chi connectivity index (χ0n) is 12.5. The van der Waals surface area contributed by atoms with E-state index in [2.05, 4.69) is 66.8 Å². The lowest BCUT2D eigenvalue weighted by molar-refractivity contribution is 0.523. The Labute approximate surface area is 127 Å². The molecule has 108 valence electrons. The van der Waals surface area contributed by atoms with E-state index in [1.165, 1.54) is 16.7 Å². The van der Waals surface area contributed by atoms with Crippen molar-refractivity contribution in [2.24, 2.45) is 0 Å². The molecule has 1 atom stereocenters. The Hall–Kier alpha value is -2.11. The molecule has 2 aromatic carbocycles. The summed E-state index contributed by atoms with van der Waals surface area (Å²) in [7, 11) is 0. The molecule has 2 aromatic rings. The van der Waals surface area contributed by atoms with Gasteiger partial charge in [-0.05, 0) is 37.4 Å². The van der Waals surface area contributed by atoms with Gasteiger partial charge in [-0.25, -0.2) is 0 Å². The molecule has 0 aliphatic heterocycles. The molecule has 0 aliphatic carbocycles. The first-order valence-electron chi connectivity index (χ1n) is 7.50. The first kappa shape index (κ1) is 15.3. The van der Waals surface area contributed by atoms with E-state index in [0.717, 1.165) is 19.4 Å². The van der Waals surface area contributed by atoms with Gasteiger partial charge in [0.2, 0.25) is 0 Å². The third kappa shape index (κ3) is 5.06. The quantitative estimate of drug-likeness (QED) is 0.771. The minimum Gasteiger partial charge on any atom is -0.310 e. The van der Waals surface area contributed by atoms with Crippen molar-refractivity contribution in [1.82, 2.24) is 5.32 Å². The van der Waals surface area contributed by atoms with Gasteiger partial charge < -0.3 is 5.32 Å². The molecule has 0 bridgehead atoms. The van der Waals surface area contributed by atoms with Crippen molar-refractivity contribution >= 4 is 0 Å². The lowest BCUT2D eigenvalue weighted by Gasteiger charge is -2.19.